The van der Waals surface area contributed by atoms with E-state index in [1.54, 1.807) is 37.4 Å². The molecule has 0 spiro atoms. The molecule has 0 saturated carbocycles. The van der Waals surface area contributed by atoms with Crippen molar-refractivity contribution in [3.05, 3.63) is 100 Å². The van der Waals surface area contributed by atoms with Crippen LogP contribution in [-0.4, -0.2) is 12.9 Å². The first-order chi connectivity index (χ1) is 15.7. The van der Waals surface area contributed by atoms with E-state index in [4.69, 9.17) is 13.9 Å². The highest BCUT2D eigenvalue weighted by Crippen LogP contribution is 2.47. The van der Waals surface area contributed by atoms with Crippen LogP contribution >= 0.6 is 0 Å². The third-order valence-electron chi connectivity index (χ3n) is 5.82. The molecule has 1 heterocycles. The van der Waals surface area contributed by atoms with Gasteiger partial charge in [0.15, 0.2) is 5.78 Å². The number of fused-ring (bicyclic) bond motifs is 4. The molecule has 0 amide bonds. The van der Waals surface area contributed by atoms with Crippen molar-refractivity contribution in [3.8, 4) is 28.4 Å². The number of ether oxygens (including phenoxy) is 2. The third kappa shape index (κ3) is 2.58. The Morgan fingerprint density at radius 2 is 1.38 bits per heavy atom. The Kier molecular flexibility index (Phi) is 3.92. The molecule has 0 aliphatic heterocycles. The van der Waals surface area contributed by atoms with E-state index in [-0.39, 0.29) is 5.78 Å². The molecule has 0 saturated heterocycles. The van der Waals surface area contributed by atoms with E-state index in [1.807, 2.05) is 42.5 Å². The van der Waals surface area contributed by atoms with Gasteiger partial charge in [-0.2, -0.15) is 0 Å². The quantitative estimate of drug-likeness (QED) is 0.261. The Hall–Kier alpha value is -4.38. The zero-order chi connectivity index (χ0) is 21.8. The number of ketones is 1. The molecule has 154 valence electrons. The Balaban J connectivity index is 1.75. The number of carbonyl (C=O) groups is 1. The maximum Gasteiger partial charge on any atom is 0.336 e. The molecule has 32 heavy (non-hydrogen) atoms. The van der Waals surface area contributed by atoms with E-state index >= 15 is 0 Å². The first-order valence-electron chi connectivity index (χ1n) is 10.1. The first kappa shape index (κ1) is 18.4. The van der Waals surface area contributed by atoms with E-state index in [2.05, 4.69) is 0 Å². The first-order valence-corrected chi connectivity index (χ1v) is 10.1. The largest absolute Gasteiger partial charge is 0.497 e. The zero-order valence-electron chi connectivity index (χ0n) is 17.0. The van der Waals surface area contributed by atoms with Gasteiger partial charge in [0, 0.05) is 33.4 Å². The average Bonchev–Trinajstić information content (AvgIpc) is 2.83. The summed E-state index contributed by atoms with van der Waals surface area (Å²) in [5.74, 6) is 1.54. The smallest absolute Gasteiger partial charge is 0.336 e. The maximum atomic E-state index is 13.7. The number of carbonyl (C=O) groups excluding carboxylic acids is 1. The summed E-state index contributed by atoms with van der Waals surface area (Å²) in [7, 11) is 1.60. The van der Waals surface area contributed by atoms with E-state index in [9.17, 15) is 9.59 Å². The molecule has 6 rings (SSSR count). The van der Waals surface area contributed by atoms with Crippen molar-refractivity contribution in [2.24, 2.45) is 0 Å². The SMILES string of the molecule is COc1ccc(Oc2c3c4c(cc(=O)oc4c4ccccc24)-c2ccccc2C3=O)cc1. The summed E-state index contributed by atoms with van der Waals surface area (Å²) < 4.78 is 17.2. The molecule has 4 aromatic carbocycles. The van der Waals surface area contributed by atoms with Gasteiger partial charge in [-0.3, -0.25) is 4.79 Å². The van der Waals surface area contributed by atoms with E-state index in [0.29, 0.717) is 61.2 Å². The Bertz CT molecular complexity index is 1610. The van der Waals surface area contributed by atoms with Gasteiger partial charge in [-0.1, -0.05) is 48.5 Å². The molecule has 0 fully saturated rings. The summed E-state index contributed by atoms with van der Waals surface area (Å²) in [6.07, 6.45) is 0. The van der Waals surface area contributed by atoms with Crippen LogP contribution in [0.4, 0.5) is 0 Å². The van der Waals surface area contributed by atoms with Gasteiger partial charge in [-0.05, 0) is 29.8 Å². The van der Waals surface area contributed by atoms with Crippen molar-refractivity contribution in [2.45, 2.75) is 0 Å². The van der Waals surface area contributed by atoms with Gasteiger partial charge in [-0.15, -0.1) is 0 Å². The highest BCUT2D eigenvalue weighted by molar-refractivity contribution is 6.31. The Morgan fingerprint density at radius 1 is 0.719 bits per heavy atom. The van der Waals surface area contributed by atoms with Gasteiger partial charge in [0.05, 0.1) is 12.7 Å². The summed E-state index contributed by atoms with van der Waals surface area (Å²) in [6.45, 7) is 0. The Morgan fingerprint density at radius 3 is 2.12 bits per heavy atom. The minimum Gasteiger partial charge on any atom is -0.497 e. The molecule has 0 radical (unpaired) electrons. The van der Waals surface area contributed by atoms with Crippen molar-refractivity contribution in [3.63, 3.8) is 0 Å². The van der Waals surface area contributed by atoms with Crippen LogP contribution in [0.2, 0.25) is 0 Å². The van der Waals surface area contributed by atoms with E-state index in [0.717, 1.165) is 0 Å². The van der Waals surface area contributed by atoms with Crippen molar-refractivity contribution in [1.82, 2.24) is 0 Å². The van der Waals surface area contributed by atoms with Gasteiger partial charge in [-0.25, -0.2) is 4.79 Å². The van der Waals surface area contributed by atoms with Gasteiger partial charge in [0.2, 0.25) is 0 Å². The van der Waals surface area contributed by atoms with Gasteiger partial charge < -0.3 is 13.9 Å². The van der Waals surface area contributed by atoms with Crippen molar-refractivity contribution in [1.29, 1.82) is 0 Å². The number of methoxy groups -OCH3 is 1. The predicted octanol–water partition coefficient (Wildman–Crippen LogP) is 5.96. The van der Waals surface area contributed by atoms with Crippen LogP contribution in [-0.2, 0) is 0 Å². The second-order valence-electron chi connectivity index (χ2n) is 7.59. The van der Waals surface area contributed by atoms with Crippen LogP contribution in [0, 0.1) is 0 Å². The van der Waals surface area contributed by atoms with E-state index < -0.39 is 5.63 Å². The third-order valence-corrected chi connectivity index (χ3v) is 5.82. The van der Waals surface area contributed by atoms with Crippen molar-refractivity contribution in [2.75, 3.05) is 7.11 Å². The van der Waals surface area contributed by atoms with Crippen LogP contribution in [0.15, 0.2) is 88.1 Å². The van der Waals surface area contributed by atoms with Crippen molar-refractivity contribution >= 4 is 27.5 Å². The lowest BCUT2D eigenvalue weighted by molar-refractivity contribution is 0.103. The predicted molar refractivity (Wildman–Crippen MR) is 122 cm³/mol. The summed E-state index contributed by atoms with van der Waals surface area (Å²) in [6, 6.07) is 23.4. The van der Waals surface area contributed by atoms with E-state index in [1.165, 1.54) is 6.07 Å². The summed E-state index contributed by atoms with van der Waals surface area (Å²) in [5.41, 5.74) is 2.24. The van der Waals surface area contributed by atoms with Crippen LogP contribution < -0.4 is 15.1 Å². The molecule has 1 aliphatic carbocycles. The fourth-order valence-electron chi connectivity index (χ4n) is 4.41. The number of rotatable bonds is 3. The molecular formula is C27H16O5. The van der Waals surface area contributed by atoms with Crippen LogP contribution in [0.25, 0.3) is 32.9 Å². The molecule has 1 aromatic heterocycles. The number of hydrogen-bond donors (Lipinski definition) is 0. The fourth-order valence-corrected chi connectivity index (χ4v) is 4.41. The van der Waals surface area contributed by atoms with Crippen LogP contribution in [0.3, 0.4) is 0 Å². The molecule has 1 aliphatic rings. The average molecular weight is 420 g/mol. The second kappa shape index (κ2) is 6.82. The Labute approximate surface area is 182 Å². The van der Waals surface area contributed by atoms with Gasteiger partial charge in [0.1, 0.15) is 22.8 Å². The lowest BCUT2D eigenvalue weighted by Gasteiger charge is -2.23. The topological polar surface area (TPSA) is 65.7 Å². The summed E-state index contributed by atoms with van der Waals surface area (Å²) in [5, 5.41) is 2.00. The minimum absolute atomic E-state index is 0.166. The zero-order valence-corrected chi connectivity index (χ0v) is 17.0. The van der Waals surface area contributed by atoms with Crippen molar-refractivity contribution < 1.29 is 18.7 Å². The van der Waals surface area contributed by atoms with Gasteiger partial charge in [0.25, 0.3) is 0 Å². The molecule has 0 unspecified atom stereocenters. The molecule has 0 N–H and O–H groups in total. The van der Waals surface area contributed by atoms with Crippen LogP contribution in [0.1, 0.15) is 15.9 Å². The highest BCUT2D eigenvalue weighted by atomic mass is 16.5. The molecule has 5 heteroatoms. The lowest BCUT2D eigenvalue weighted by Crippen LogP contribution is -2.14. The maximum absolute atomic E-state index is 13.7. The van der Waals surface area contributed by atoms with Crippen LogP contribution in [0.5, 0.6) is 17.2 Å². The molecule has 5 aromatic rings. The van der Waals surface area contributed by atoms with Gasteiger partial charge >= 0.3 is 5.63 Å². The minimum atomic E-state index is -0.462. The standard InChI is InChI=1S/C27H16O5/c1-30-15-10-12-16(13-11-15)31-27-20-9-5-4-8-19(20)26-23-21(14-22(28)32-26)17-6-2-3-7-18(17)25(29)24(23)27/h2-14H,1H3. The number of hydrogen-bond acceptors (Lipinski definition) is 5. The number of benzene rings is 4. The second-order valence-corrected chi connectivity index (χ2v) is 7.59. The molecular weight excluding hydrogens is 404 g/mol. The molecule has 5 nitrogen and oxygen atoms in total. The molecule has 0 bridgehead atoms. The summed E-state index contributed by atoms with van der Waals surface area (Å²) >= 11 is 0. The monoisotopic (exact) mass is 420 g/mol. The molecule has 0 atom stereocenters. The normalized spacial score (nSPS) is 12.1. The fraction of sp³-hybridized carbons (Fsp3) is 0.0370. The lowest BCUT2D eigenvalue weighted by atomic mass is 9.82. The highest BCUT2D eigenvalue weighted by Gasteiger charge is 2.32. The summed E-state index contributed by atoms with van der Waals surface area (Å²) in [4.78, 5) is 26.2.